The van der Waals surface area contributed by atoms with E-state index in [0.29, 0.717) is 5.92 Å². The van der Waals surface area contributed by atoms with Crippen LogP contribution in [0.1, 0.15) is 31.4 Å². The van der Waals surface area contributed by atoms with Crippen molar-refractivity contribution in [1.29, 1.82) is 0 Å². The maximum absolute atomic E-state index is 5.87. The zero-order valence-electron chi connectivity index (χ0n) is 10.7. The summed E-state index contributed by atoms with van der Waals surface area (Å²) in [5.74, 6) is 1.50. The minimum Gasteiger partial charge on any atom is -0.492 e. The van der Waals surface area contributed by atoms with Crippen molar-refractivity contribution in [3.05, 3.63) is 28.2 Å². The van der Waals surface area contributed by atoms with E-state index in [2.05, 4.69) is 15.9 Å². The van der Waals surface area contributed by atoms with Gasteiger partial charge in [0.2, 0.25) is 0 Å². The maximum Gasteiger partial charge on any atom is 0.133 e. The second-order valence-electron chi connectivity index (χ2n) is 4.85. The second kappa shape index (κ2) is 6.55. The summed E-state index contributed by atoms with van der Waals surface area (Å²) < 4.78 is 12.2. The van der Waals surface area contributed by atoms with Gasteiger partial charge in [0.05, 0.1) is 11.1 Å². The van der Waals surface area contributed by atoms with Crippen molar-refractivity contribution in [2.24, 2.45) is 11.7 Å². The van der Waals surface area contributed by atoms with Crippen LogP contribution in [-0.2, 0) is 4.74 Å². The third kappa shape index (κ3) is 3.70. The fraction of sp³-hybridized carbons (Fsp3) is 0.571. The van der Waals surface area contributed by atoms with Crippen LogP contribution in [0.5, 0.6) is 5.75 Å². The molecule has 1 aliphatic heterocycles. The van der Waals surface area contributed by atoms with Crippen LogP contribution in [0.3, 0.4) is 0 Å². The Kier molecular flexibility index (Phi) is 5.03. The van der Waals surface area contributed by atoms with Gasteiger partial charge >= 0.3 is 0 Å². The van der Waals surface area contributed by atoms with Gasteiger partial charge in [-0.15, -0.1) is 0 Å². The number of hydrogen-bond donors (Lipinski definition) is 1. The predicted molar refractivity (Wildman–Crippen MR) is 75.8 cm³/mol. The van der Waals surface area contributed by atoms with Crippen molar-refractivity contribution in [2.75, 3.05) is 19.8 Å². The standard InChI is InChI=1S/C14H20BrNO2/c1-10(16)12-2-3-14(13(15)8-12)18-9-11-4-6-17-7-5-11/h2-3,8,10-11H,4-7,9,16H2,1H3. The minimum absolute atomic E-state index is 0.0471. The third-order valence-electron chi connectivity index (χ3n) is 3.30. The van der Waals surface area contributed by atoms with Gasteiger partial charge in [-0.3, -0.25) is 0 Å². The van der Waals surface area contributed by atoms with Crippen molar-refractivity contribution in [2.45, 2.75) is 25.8 Å². The topological polar surface area (TPSA) is 44.5 Å². The first-order valence-electron chi connectivity index (χ1n) is 6.42. The van der Waals surface area contributed by atoms with E-state index in [4.69, 9.17) is 15.2 Å². The van der Waals surface area contributed by atoms with Gasteiger partial charge in [0.25, 0.3) is 0 Å². The molecule has 1 aromatic rings. The summed E-state index contributed by atoms with van der Waals surface area (Å²) in [6.07, 6.45) is 2.19. The van der Waals surface area contributed by atoms with Crippen LogP contribution >= 0.6 is 15.9 Å². The fourth-order valence-corrected chi connectivity index (χ4v) is 2.55. The Morgan fingerprint density at radius 2 is 2.17 bits per heavy atom. The molecule has 0 radical (unpaired) electrons. The van der Waals surface area contributed by atoms with E-state index in [9.17, 15) is 0 Å². The van der Waals surface area contributed by atoms with Gasteiger partial charge in [-0.1, -0.05) is 6.07 Å². The molecule has 0 aliphatic carbocycles. The first kappa shape index (κ1) is 13.8. The highest BCUT2D eigenvalue weighted by molar-refractivity contribution is 9.10. The molecular weight excluding hydrogens is 294 g/mol. The Balaban J connectivity index is 1.92. The van der Waals surface area contributed by atoms with E-state index in [1.165, 1.54) is 0 Å². The van der Waals surface area contributed by atoms with Gasteiger partial charge in [0.15, 0.2) is 0 Å². The lowest BCUT2D eigenvalue weighted by atomic mass is 10.0. The Morgan fingerprint density at radius 3 is 2.78 bits per heavy atom. The smallest absolute Gasteiger partial charge is 0.133 e. The molecule has 4 heteroatoms. The van der Waals surface area contributed by atoms with Crippen LogP contribution in [0.15, 0.2) is 22.7 Å². The fourth-order valence-electron chi connectivity index (χ4n) is 2.04. The number of halogens is 1. The van der Waals surface area contributed by atoms with Gasteiger partial charge < -0.3 is 15.2 Å². The van der Waals surface area contributed by atoms with Crippen LogP contribution in [0.25, 0.3) is 0 Å². The molecule has 1 aliphatic rings. The van der Waals surface area contributed by atoms with Crippen LogP contribution < -0.4 is 10.5 Å². The molecule has 100 valence electrons. The van der Waals surface area contributed by atoms with Crippen LogP contribution in [0.2, 0.25) is 0 Å². The van der Waals surface area contributed by atoms with Crippen molar-refractivity contribution >= 4 is 15.9 Å². The highest BCUT2D eigenvalue weighted by Crippen LogP contribution is 2.28. The molecule has 2 N–H and O–H groups in total. The summed E-state index contributed by atoms with van der Waals surface area (Å²) in [5.41, 5.74) is 6.96. The quantitative estimate of drug-likeness (QED) is 0.927. The van der Waals surface area contributed by atoms with Crippen LogP contribution in [0, 0.1) is 5.92 Å². The highest BCUT2D eigenvalue weighted by atomic mass is 79.9. The van der Waals surface area contributed by atoms with Crippen molar-refractivity contribution < 1.29 is 9.47 Å². The molecule has 1 atom stereocenters. The number of hydrogen-bond acceptors (Lipinski definition) is 3. The molecule has 0 saturated carbocycles. The Morgan fingerprint density at radius 1 is 1.44 bits per heavy atom. The molecule has 1 unspecified atom stereocenters. The lowest BCUT2D eigenvalue weighted by Gasteiger charge is -2.22. The molecule has 0 aromatic heterocycles. The number of ether oxygens (including phenoxy) is 2. The lowest BCUT2D eigenvalue weighted by molar-refractivity contribution is 0.0496. The summed E-state index contributed by atoms with van der Waals surface area (Å²) >= 11 is 3.54. The zero-order chi connectivity index (χ0) is 13.0. The minimum atomic E-state index is 0.0471. The SMILES string of the molecule is CC(N)c1ccc(OCC2CCOCC2)c(Br)c1. The lowest BCUT2D eigenvalue weighted by Crippen LogP contribution is -2.21. The largest absolute Gasteiger partial charge is 0.492 e. The molecule has 1 fully saturated rings. The first-order chi connectivity index (χ1) is 8.66. The van der Waals surface area contributed by atoms with E-state index >= 15 is 0 Å². The van der Waals surface area contributed by atoms with E-state index in [1.807, 2.05) is 25.1 Å². The summed E-state index contributed by atoms with van der Waals surface area (Å²) in [5, 5.41) is 0. The molecule has 18 heavy (non-hydrogen) atoms. The summed E-state index contributed by atoms with van der Waals surface area (Å²) in [7, 11) is 0. The number of nitrogens with two attached hydrogens (primary N) is 1. The average molecular weight is 314 g/mol. The van der Waals surface area contributed by atoms with Gasteiger partial charge in [-0.25, -0.2) is 0 Å². The Hall–Kier alpha value is -0.580. The third-order valence-corrected chi connectivity index (χ3v) is 3.92. The molecule has 0 amide bonds. The Bertz CT molecular complexity index is 389. The number of rotatable bonds is 4. The molecule has 0 bridgehead atoms. The predicted octanol–water partition coefficient (Wildman–Crippen LogP) is 3.27. The zero-order valence-corrected chi connectivity index (χ0v) is 12.3. The van der Waals surface area contributed by atoms with Gasteiger partial charge in [-0.2, -0.15) is 0 Å². The first-order valence-corrected chi connectivity index (χ1v) is 7.21. The molecule has 3 nitrogen and oxygen atoms in total. The van der Waals surface area contributed by atoms with Crippen LogP contribution in [-0.4, -0.2) is 19.8 Å². The normalized spacial score (nSPS) is 18.6. The molecule has 1 saturated heterocycles. The van der Waals surface area contributed by atoms with E-state index in [1.54, 1.807) is 0 Å². The maximum atomic E-state index is 5.87. The van der Waals surface area contributed by atoms with Crippen molar-refractivity contribution in [1.82, 2.24) is 0 Å². The number of benzene rings is 1. The molecule has 2 rings (SSSR count). The monoisotopic (exact) mass is 313 g/mol. The van der Waals surface area contributed by atoms with Crippen LogP contribution in [0.4, 0.5) is 0 Å². The average Bonchev–Trinajstić information content (AvgIpc) is 2.38. The van der Waals surface area contributed by atoms with Gasteiger partial charge in [0, 0.05) is 19.3 Å². The highest BCUT2D eigenvalue weighted by Gasteiger charge is 2.15. The van der Waals surface area contributed by atoms with E-state index in [0.717, 1.165) is 48.4 Å². The molecule has 1 aromatic carbocycles. The van der Waals surface area contributed by atoms with Gasteiger partial charge in [-0.05, 0) is 59.3 Å². The van der Waals surface area contributed by atoms with E-state index in [-0.39, 0.29) is 6.04 Å². The van der Waals surface area contributed by atoms with Crippen molar-refractivity contribution in [3.63, 3.8) is 0 Å². The molecule has 0 spiro atoms. The van der Waals surface area contributed by atoms with E-state index < -0.39 is 0 Å². The Labute approximate surface area is 117 Å². The second-order valence-corrected chi connectivity index (χ2v) is 5.70. The van der Waals surface area contributed by atoms with Gasteiger partial charge in [0.1, 0.15) is 5.75 Å². The molecule has 1 heterocycles. The summed E-state index contributed by atoms with van der Waals surface area (Å²) in [6, 6.07) is 6.09. The summed E-state index contributed by atoms with van der Waals surface area (Å²) in [6.45, 7) is 4.46. The van der Waals surface area contributed by atoms with Crippen molar-refractivity contribution in [3.8, 4) is 5.75 Å². The summed E-state index contributed by atoms with van der Waals surface area (Å²) in [4.78, 5) is 0. The molecular formula is C14H20BrNO2.